The number of aromatic nitrogens is 3. The smallest absolute Gasteiger partial charge is 0.119 e. The Bertz CT molecular complexity index is 990. The number of aliphatic hydroxyl groups excluding tert-OH is 2. The van der Waals surface area contributed by atoms with Crippen LogP contribution >= 0.6 is 11.6 Å². The van der Waals surface area contributed by atoms with E-state index >= 15 is 0 Å². The van der Waals surface area contributed by atoms with E-state index in [1.54, 1.807) is 0 Å². The maximum Gasteiger partial charge on any atom is 0.119 e. The Morgan fingerprint density at radius 2 is 1.52 bits per heavy atom. The summed E-state index contributed by atoms with van der Waals surface area (Å²) in [6, 6.07) is 16.1. The number of alkyl halides is 1. The van der Waals surface area contributed by atoms with E-state index < -0.39 is 6.10 Å². The molecule has 2 atom stereocenters. The summed E-state index contributed by atoms with van der Waals surface area (Å²) in [5, 5.41) is 27.1. The summed E-state index contributed by atoms with van der Waals surface area (Å²) in [6.07, 6.45) is 0.692. The van der Waals surface area contributed by atoms with Gasteiger partial charge in [-0.05, 0) is 35.4 Å². The van der Waals surface area contributed by atoms with Crippen molar-refractivity contribution in [2.24, 2.45) is 5.92 Å². The normalized spacial score (nSPS) is 13.5. The molecule has 0 bridgehead atoms. The number of nitrogens with zero attached hydrogens (tertiary/aromatic N) is 3. The summed E-state index contributed by atoms with van der Waals surface area (Å²) < 4.78 is 13.0. The van der Waals surface area contributed by atoms with Crippen molar-refractivity contribution in [1.82, 2.24) is 15.0 Å². The van der Waals surface area contributed by atoms with E-state index in [9.17, 15) is 10.2 Å². The number of benzene rings is 2. The topological polar surface area (TPSA) is 89.6 Å². The number of halogens is 1. The van der Waals surface area contributed by atoms with Gasteiger partial charge >= 0.3 is 0 Å². The number of aliphatic hydroxyl groups is 2. The maximum absolute atomic E-state index is 10.2. The molecule has 0 aliphatic rings. The molecule has 2 N–H and O–H groups in total. The molecular weight excluding hydrogens is 442 g/mol. The van der Waals surface area contributed by atoms with Crippen molar-refractivity contribution in [1.29, 1.82) is 0 Å². The van der Waals surface area contributed by atoms with Gasteiger partial charge in [0.2, 0.25) is 0 Å². The highest BCUT2D eigenvalue weighted by atomic mass is 35.5. The Kier molecular flexibility index (Phi) is 8.72. The predicted molar refractivity (Wildman–Crippen MR) is 128 cm³/mol. The third-order valence-electron chi connectivity index (χ3n) is 5.64. The lowest BCUT2D eigenvalue weighted by Crippen LogP contribution is -2.25. The third kappa shape index (κ3) is 6.69. The fraction of sp³-hybridized carbons (Fsp3) is 0.440. The number of hydrogen-bond acceptors (Lipinski definition) is 6. The summed E-state index contributed by atoms with van der Waals surface area (Å²) in [4.78, 5) is 0. The summed E-state index contributed by atoms with van der Waals surface area (Å²) in [5.74, 6) is 2.40. The van der Waals surface area contributed by atoms with E-state index in [2.05, 4.69) is 43.2 Å². The van der Waals surface area contributed by atoms with Crippen LogP contribution in [0.25, 0.3) is 0 Å². The van der Waals surface area contributed by atoms with Gasteiger partial charge in [-0.15, -0.1) is 16.7 Å². The number of ether oxygens (including phenoxy) is 2. The molecule has 0 radical (unpaired) electrons. The van der Waals surface area contributed by atoms with Crippen LogP contribution in [-0.4, -0.2) is 50.4 Å². The fourth-order valence-electron chi connectivity index (χ4n) is 3.39. The standard InChI is InChI=1S/C25H32ClN3O4/c1-18(12-26)16-32-23-8-4-19(5-9-23)25(2,3)20-6-10-24(11-7-20)33-17-22(31)14-29-21(15-30)13-27-28-29/h4-11,13,18,22,30-31H,12,14-17H2,1-3H3/t18-,22-/m1/s1. The Morgan fingerprint density at radius 3 is 2.03 bits per heavy atom. The van der Waals surface area contributed by atoms with E-state index in [1.165, 1.54) is 16.4 Å². The lowest BCUT2D eigenvalue weighted by Gasteiger charge is -2.26. The molecule has 0 unspecified atom stereocenters. The van der Waals surface area contributed by atoms with Gasteiger partial charge in [-0.1, -0.05) is 50.3 Å². The predicted octanol–water partition coefficient (Wildman–Crippen LogP) is 3.79. The zero-order valence-corrected chi connectivity index (χ0v) is 20.1. The Balaban J connectivity index is 1.56. The number of rotatable bonds is 12. The highest BCUT2D eigenvalue weighted by Gasteiger charge is 2.23. The van der Waals surface area contributed by atoms with Crippen molar-refractivity contribution in [3.63, 3.8) is 0 Å². The van der Waals surface area contributed by atoms with Crippen LogP contribution in [0.2, 0.25) is 0 Å². The molecule has 0 saturated heterocycles. The van der Waals surface area contributed by atoms with Crippen molar-refractivity contribution in [3.8, 4) is 11.5 Å². The van der Waals surface area contributed by atoms with E-state index in [4.69, 9.17) is 21.1 Å². The summed E-state index contributed by atoms with van der Waals surface area (Å²) >= 11 is 5.84. The van der Waals surface area contributed by atoms with E-state index in [0.717, 1.165) is 11.3 Å². The van der Waals surface area contributed by atoms with Gasteiger partial charge in [-0.25, -0.2) is 4.68 Å². The van der Waals surface area contributed by atoms with Crippen molar-refractivity contribution in [2.45, 2.75) is 45.4 Å². The quantitative estimate of drug-likeness (QED) is 0.389. The lowest BCUT2D eigenvalue weighted by atomic mass is 9.78. The van der Waals surface area contributed by atoms with Crippen molar-refractivity contribution < 1.29 is 19.7 Å². The first-order chi connectivity index (χ1) is 15.8. The van der Waals surface area contributed by atoms with Gasteiger partial charge in [-0.3, -0.25) is 0 Å². The first kappa shape index (κ1) is 25.0. The van der Waals surface area contributed by atoms with Crippen LogP contribution in [0, 0.1) is 5.92 Å². The molecule has 178 valence electrons. The van der Waals surface area contributed by atoms with Gasteiger partial charge in [0.25, 0.3) is 0 Å². The van der Waals surface area contributed by atoms with Crippen LogP contribution in [0.15, 0.2) is 54.7 Å². The minimum atomic E-state index is -0.777. The Hall–Kier alpha value is -2.61. The largest absolute Gasteiger partial charge is 0.493 e. The molecular formula is C25H32ClN3O4. The van der Waals surface area contributed by atoms with E-state index in [0.29, 0.717) is 29.8 Å². The molecule has 0 aliphatic heterocycles. The van der Waals surface area contributed by atoms with Gasteiger partial charge in [0.05, 0.1) is 31.6 Å². The zero-order valence-electron chi connectivity index (χ0n) is 19.3. The SMILES string of the molecule is C[C@H](CCl)COc1ccc(C(C)(C)c2ccc(OC[C@H](O)Cn3nncc3CO)cc2)cc1. The van der Waals surface area contributed by atoms with Crippen molar-refractivity contribution >= 4 is 11.6 Å². The zero-order chi connectivity index (χ0) is 23.8. The van der Waals surface area contributed by atoms with Gasteiger partial charge in [0.15, 0.2) is 0 Å². The van der Waals surface area contributed by atoms with E-state index in [1.807, 2.05) is 36.4 Å². The van der Waals surface area contributed by atoms with E-state index in [-0.39, 0.29) is 25.2 Å². The molecule has 2 aromatic carbocycles. The second-order valence-electron chi connectivity index (χ2n) is 8.77. The minimum absolute atomic E-state index is 0.108. The lowest BCUT2D eigenvalue weighted by molar-refractivity contribution is 0.0866. The van der Waals surface area contributed by atoms with Gasteiger partial charge < -0.3 is 19.7 Å². The molecule has 7 nitrogen and oxygen atoms in total. The third-order valence-corrected chi connectivity index (χ3v) is 6.16. The highest BCUT2D eigenvalue weighted by Crippen LogP contribution is 2.33. The summed E-state index contributed by atoms with van der Waals surface area (Å²) in [5.41, 5.74) is 2.67. The molecule has 8 heteroatoms. The minimum Gasteiger partial charge on any atom is -0.493 e. The molecule has 0 amide bonds. The first-order valence-corrected chi connectivity index (χ1v) is 11.6. The van der Waals surface area contributed by atoms with Gasteiger partial charge in [0, 0.05) is 17.2 Å². The highest BCUT2D eigenvalue weighted by molar-refractivity contribution is 6.18. The van der Waals surface area contributed by atoms with Gasteiger partial charge in [-0.2, -0.15) is 0 Å². The van der Waals surface area contributed by atoms with Crippen LogP contribution in [0.5, 0.6) is 11.5 Å². The second kappa shape index (κ2) is 11.5. The average Bonchev–Trinajstić information content (AvgIpc) is 3.28. The van der Waals surface area contributed by atoms with Crippen LogP contribution in [0.4, 0.5) is 0 Å². The number of hydrogen-bond donors (Lipinski definition) is 2. The van der Waals surface area contributed by atoms with Crippen LogP contribution in [0.1, 0.15) is 37.6 Å². The molecule has 33 heavy (non-hydrogen) atoms. The summed E-state index contributed by atoms with van der Waals surface area (Å²) in [6.45, 7) is 7.14. The molecule has 0 saturated carbocycles. The Labute approximate surface area is 199 Å². The molecule has 1 heterocycles. The van der Waals surface area contributed by atoms with Crippen LogP contribution in [0.3, 0.4) is 0 Å². The first-order valence-electron chi connectivity index (χ1n) is 11.0. The molecule has 0 fully saturated rings. The van der Waals surface area contributed by atoms with Crippen LogP contribution < -0.4 is 9.47 Å². The maximum atomic E-state index is 10.2. The molecule has 0 spiro atoms. The van der Waals surface area contributed by atoms with Crippen molar-refractivity contribution in [3.05, 3.63) is 71.5 Å². The molecule has 3 aromatic rings. The molecule has 0 aliphatic carbocycles. The Morgan fingerprint density at radius 1 is 0.970 bits per heavy atom. The summed E-state index contributed by atoms with van der Waals surface area (Å²) in [7, 11) is 0. The van der Waals surface area contributed by atoms with Gasteiger partial charge in [0.1, 0.15) is 24.2 Å². The van der Waals surface area contributed by atoms with Crippen LogP contribution in [-0.2, 0) is 18.6 Å². The monoisotopic (exact) mass is 473 g/mol. The molecule has 1 aromatic heterocycles. The van der Waals surface area contributed by atoms with Crippen molar-refractivity contribution in [2.75, 3.05) is 19.1 Å². The fourth-order valence-corrected chi connectivity index (χ4v) is 3.47. The molecule has 3 rings (SSSR count). The second-order valence-corrected chi connectivity index (χ2v) is 9.08. The average molecular weight is 474 g/mol.